The summed E-state index contributed by atoms with van der Waals surface area (Å²) in [7, 11) is 2.02. The van der Waals surface area contributed by atoms with Crippen LogP contribution in [0.3, 0.4) is 0 Å². The Balaban J connectivity index is 1.90. The normalized spacial score (nSPS) is 10.9. The molecule has 0 aliphatic carbocycles. The zero-order valence-electron chi connectivity index (χ0n) is 13.7. The van der Waals surface area contributed by atoms with Crippen LogP contribution in [0.25, 0.3) is 11.3 Å². The number of nitrogens with zero attached hydrogens (tertiary/aromatic N) is 2. The van der Waals surface area contributed by atoms with E-state index in [0.717, 1.165) is 30.5 Å². The lowest BCUT2D eigenvalue weighted by molar-refractivity contribution is 0.475. The first-order valence-electron chi connectivity index (χ1n) is 8.07. The van der Waals surface area contributed by atoms with Crippen LogP contribution >= 0.6 is 0 Å². The molecule has 3 rings (SSSR count). The van der Waals surface area contributed by atoms with Gasteiger partial charge in [-0.3, -0.25) is 4.68 Å². The quantitative estimate of drug-likeness (QED) is 0.769. The highest BCUT2D eigenvalue weighted by Crippen LogP contribution is 2.28. The first-order chi connectivity index (χ1) is 11.2. The van der Waals surface area contributed by atoms with Gasteiger partial charge in [0.15, 0.2) is 0 Å². The van der Waals surface area contributed by atoms with Gasteiger partial charge < -0.3 is 5.11 Å². The molecule has 0 aliphatic rings. The summed E-state index contributed by atoms with van der Waals surface area (Å²) in [6, 6.07) is 17.8. The monoisotopic (exact) mass is 306 g/mol. The maximum atomic E-state index is 9.47. The SMILES string of the molecule is CCc1c(-c2ccc(O)cc2)nn(C)c1CCc1ccccc1. The van der Waals surface area contributed by atoms with Crippen molar-refractivity contribution in [1.82, 2.24) is 9.78 Å². The second-order valence-electron chi connectivity index (χ2n) is 5.78. The van der Waals surface area contributed by atoms with Crippen LogP contribution in [0, 0.1) is 0 Å². The van der Waals surface area contributed by atoms with Gasteiger partial charge in [-0.05, 0) is 49.1 Å². The summed E-state index contributed by atoms with van der Waals surface area (Å²) in [6.45, 7) is 2.17. The Morgan fingerprint density at radius 1 is 0.957 bits per heavy atom. The summed E-state index contributed by atoms with van der Waals surface area (Å²) in [5.41, 5.74) is 6.02. The first-order valence-corrected chi connectivity index (χ1v) is 8.07. The predicted molar refractivity (Wildman–Crippen MR) is 93.5 cm³/mol. The van der Waals surface area contributed by atoms with Crippen molar-refractivity contribution in [3.63, 3.8) is 0 Å². The predicted octanol–water partition coefficient (Wildman–Crippen LogP) is 4.14. The van der Waals surface area contributed by atoms with Gasteiger partial charge in [-0.25, -0.2) is 0 Å². The van der Waals surface area contributed by atoms with E-state index in [4.69, 9.17) is 5.10 Å². The van der Waals surface area contributed by atoms with Crippen molar-refractivity contribution in [3.05, 3.63) is 71.4 Å². The summed E-state index contributed by atoms with van der Waals surface area (Å²) >= 11 is 0. The average molecular weight is 306 g/mol. The Kier molecular flexibility index (Phi) is 4.47. The average Bonchev–Trinajstić information content (AvgIpc) is 2.90. The van der Waals surface area contributed by atoms with E-state index in [2.05, 4.69) is 31.2 Å². The largest absolute Gasteiger partial charge is 0.508 e. The van der Waals surface area contributed by atoms with Crippen molar-refractivity contribution in [2.45, 2.75) is 26.2 Å². The molecule has 0 saturated heterocycles. The molecule has 0 unspecified atom stereocenters. The molecule has 0 bridgehead atoms. The third-order valence-electron chi connectivity index (χ3n) is 4.26. The molecule has 3 aromatic rings. The fourth-order valence-electron chi connectivity index (χ4n) is 3.05. The first kappa shape index (κ1) is 15.3. The number of benzene rings is 2. The van der Waals surface area contributed by atoms with Gasteiger partial charge in [0.1, 0.15) is 5.75 Å². The molecule has 0 saturated carbocycles. The van der Waals surface area contributed by atoms with Gasteiger partial charge in [0.2, 0.25) is 0 Å². The molecule has 3 nitrogen and oxygen atoms in total. The molecule has 1 heterocycles. The molecule has 0 atom stereocenters. The molecule has 2 aromatic carbocycles. The lowest BCUT2D eigenvalue weighted by atomic mass is 10.00. The zero-order chi connectivity index (χ0) is 16.2. The van der Waals surface area contributed by atoms with E-state index in [1.165, 1.54) is 16.8 Å². The number of aromatic hydroxyl groups is 1. The Morgan fingerprint density at radius 2 is 1.65 bits per heavy atom. The molecule has 118 valence electrons. The van der Waals surface area contributed by atoms with Crippen LogP contribution in [0.15, 0.2) is 54.6 Å². The number of hydrogen-bond acceptors (Lipinski definition) is 2. The number of rotatable bonds is 5. The fraction of sp³-hybridized carbons (Fsp3) is 0.250. The molecule has 3 heteroatoms. The van der Waals surface area contributed by atoms with E-state index in [9.17, 15) is 5.11 Å². The minimum Gasteiger partial charge on any atom is -0.508 e. The van der Waals surface area contributed by atoms with Gasteiger partial charge in [0, 0.05) is 23.9 Å². The van der Waals surface area contributed by atoms with Crippen LogP contribution in [0.1, 0.15) is 23.7 Å². The maximum absolute atomic E-state index is 9.47. The molecule has 0 aliphatic heterocycles. The Labute approximate surface area is 137 Å². The van der Waals surface area contributed by atoms with E-state index in [1.807, 2.05) is 29.9 Å². The molecule has 1 aromatic heterocycles. The number of phenols is 1. The number of phenolic OH excluding ortho intramolecular Hbond substituents is 1. The van der Waals surface area contributed by atoms with Crippen LogP contribution in [-0.4, -0.2) is 14.9 Å². The minimum atomic E-state index is 0.284. The summed E-state index contributed by atoms with van der Waals surface area (Å²) in [4.78, 5) is 0. The van der Waals surface area contributed by atoms with E-state index in [1.54, 1.807) is 12.1 Å². The van der Waals surface area contributed by atoms with E-state index < -0.39 is 0 Å². The van der Waals surface area contributed by atoms with E-state index in [-0.39, 0.29) is 5.75 Å². The van der Waals surface area contributed by atoms with Crippen molar-refractivity contribution >= 4 is 0 Å². The highest BCUT2D eigenvalue weighted by atomic mass is 16.3. The van der Waals surface area contributed by atoms with Gasteiger partial charge in [-0.15, -0.1) is 0 Å². The molecule has 0 radical (unpaired) electrons. The smallest absolute Gasteiger partial charge is 0.115 e. The van der Waals surface area contributed by atoms with E-state index in [0.29, 0.717) is 0 Å². The molecule has 0 fully saturated rings. The van der Waals surface area contributed by atoms with Crippen LogP contribution in [0.2, 0.25) is 0 Å². The van der Waals surface area contributed by atoms with Crippen molar-refractivity contribution in [1.29, 1.82) is 0 Å². The molecule has 0 spiro atoms. The summed E-state index contributed by atoms with van der Waals surface area (Å²) in [5.74, 6) is 0.284. The lowest BCUT2D eigenvalue weighted by Crippen LogP contribution is -2.02. The van der Waals surface area contributed by atoms with E-state index >= 15 is 0 Å². The van der Waals surface area contributed by atoms with Crippen LogP contribution in [-0.2, 0) is 26.3 Å². The van der Waals surface area contributed by atoms with Crippen molar-refractivity contribution < 1.29 is 5.11 Å². The van der Waals surface area contributed by atoms with Crippen molar-refractivity contribution in [2.75, 3.05) is 0 Å². The molecular weight excluding hydrogens is 284 g/mol. The zero-order valence-corrected chi connectivity index (χ0v) is 13.7. The molecular formula is C20H22N2O. The Morgan fingerprint density at radius 3 is 2.30 bits per heavy atom. The van der Waals surface area contributed by atoms with Crippen LogP contribution in [0.5, 0.6) is 5.75 Å². The van der Waals surface area contributed by atoms with Gasteiger partial charge in [0.05, 0.1) is 5.69 Å². The number of aromatic nitrogens is 2. The number of aryl methyl sites for hydroxylation is 2. The topological polar surface area (TPSA) is 38.1 Å². The van der Waals surface area contributed by atoms with Gasteiger partial charge in [-0.1, -0.05) is 37.3 Å². The minimum absolute atomic E-state index is 0.284. The van der Waals surface area contributed by atoms with Crippen LogP contribution < -0.4 is 0 Å². The van der Waals surface area contributed by atoms with Gasteiger partial charge in [-0.2, -0.15) is 5.10 Å². The van der Waals surface area contributed by atoms with Crippen molar-refractivity contribution in [2.24, 2.45) is 7.05 Å². The standard InChI is InChI=1S/C20H22N2O/c1-3-18-19(14-9-15-7-5-4-6-8-15)22(2)21-20(18)16-10-12-17(23)13-11-16/h4-8,10-13,23H,3,9,14H2,1-2H3. The second-order valence-corrected chi connectivity index (χ2v) is 5.78. The Hall–Kier alpha value is -2.55. The lowest BCUT2D eigenvalue weighted by Gasteiger charge is -2.06. The summed E-state index contributed by atoms with van der Waals surface area (Å²) < 4.78 is 2.00. The van der Waals surface area contributed by atoms with Gasteiger partial charge >= 0.3 is 0 Å². The maximum Gasteiger partial charge on any atom is 0.115 e. The summed E-state index contributed by atoms with van der Waals surface area (Å²) in [6.07, 6.45) is 2.95. The number of hydrogen-bond donors (Lipinski definition) is 1. The molecule has 0 amide bonds. The second kappa shape index (κ2) is 6.69. The highest BCUT2D eigenvalue weighted by Gasteiger charge is 2.16. The van der Waals surface area contributed by atoms with Crippen molar-refractivity contribution in [3.8, 4) is 17.0 Å². The third-order valence-corrected chi connectivity index (χ3v) is 4.26. The fourth-order valence-corrected chi connectivity index (χ4v) is 3.05. The van der Waals surface area contributed by atoms with Crippen LogP contribution in [0.4, 0.5) is 0 Å². The summed E-state index contributed by atoms with van der Waals surface area (Å²) in [5, 5.41) is 14.2. The molecule has 23 heavy (non-hydrogen) atoms. The third kappa shape index (κ3) is 3.29. The van der Waals surface area contributed by atoms with Gasteiger partial charge in [0.25, 0.3) is 0 Å². The Bertz CT molecular complexity index is 773. The highest BCUT2D eigenvalue weighted by molar-refractivity contribution is 5.65. The molecule has 1 N–H and O–H groups in total.